The molecule has 3 nitrogen and oxygen atoms in total. The third-order valence-corrected chi connectivity index (χ3v) is 3.57. The van der Waals surface area contributed by atoms with Gasteiger partial charge in [-0.15, -0.1) is 0 Å². The Hall–Kier alpha value is -0.420. The molecule has 0 aliphatic carbocycles. The maximum atomic E-state index is 11.9. The van der Waals surface area contributed by atoms with Gasteiger partial charge in [0.25, 0.3) is 0 Å². The van der Waals surface area contributed by atoms with E-state index in [9.17, 15) is 9.59 Å². The molecule has 0 aliphatic heterocycles. The fourth-order valence-corrected chi connectivity index (χ4v) is 2.19. The predicted molar refractivity (Wildman–Crippen MR) is 79.8 cm³/mol. The number of benzene rings is 1. The fourth-order valence-electron chi connectivity index (χ4n) is 1.35. The fraction of sp³-hybridized carbons (Fsp3) is 0.333. The normalized spacial score (nSPS) is 13.8. The summed E-state index contributed by atoms with van der Waals surface area (Å²) in [5, 5.41) is 0.611. The van der Waals surface area contributed by atoms with Crippen LogP contribution in [0, 0.1) is 0 Å². The van der Waals surface area contributed by atoms with Crippen molar-refractivity contribution in [3.8, 4) is 5.75 Å². The summed E-state index contributed by atoms with van der Waals surface area (Å²) < 4.78 is 3.87. The van der Waals surface area contributed by atoms with Gasteiger partial charge in [0.1, 0.15) is 10.5 Å². The second-order valence-corrected chi connectivity index (χ2v) is 6.45. The molecule has 1 aromatic carbocycles. The summed E-state index contributed by atoms with van der Waals surface area (Å²) in [7, 11) is 0. The minimum Gasteiger partial charge on any atom is -0.424 e. The highest BCUT2D eigenvalue weighted by atomic mass is 35.5. The summed E-state index contributed by atoms with van der Waals surface area (Å²) in [5.74, 6) is -0.786. The molecule has 104 valence electrons. The van der Waals surface area contributed by atoms with Crippen molar-refractivity contribution >= 4 is 59.2 Å². The van der Waals surface area contributed by atoms with Crippen LogP contribution in [0.1, 0.15) is 20.3 Å². The highest BCUT2D eigenvalue weighted by molar-refractivity contribution is 7.82. The molecular weight excluding hydrogens is 331 g/mol. The van der Waals surface area contributed by atoms with Crippen molar-refractivity contribution in [1.82, 2.24) is 0 Å². The molecule has 0 spiro atoms. The Morgan fingerprint density at radius 3 is 2.26 bits per heavy atom. The quantitative estimate of drug-likeness (QED) is 0.386. The summed E-state index contributed by atoms with van der Waals surface area (Å²) in [6.07, 6.45) is -0.0477. The third kappa shape index (κ3) is 4.56. The molecule has 0 radical (unpaired) electrons. The molecule has 0 saturated heterocycles. The highest BCUT2D eigenvalue weighted by Crippen LogP contribution is 2.35. The topological polar surface area (TPSA) is 43.4 Å². The van der Waals surface area contributed by atoms with Crippen LogP contribution in [0.25, 0.3) is 0 Å². The molecule has 0 fully saturated rings. The first-order chi connectivity index (χ1) is 8.63. The van der Waals surface area contributed by atoms with Gasteiger partial charge in [0.05, 0.1) is 15.1 Å². The van der Waals surface area contributed by atoms with Gasteiger partial charge in [-0.2, -0.15) is 12.6 Å². The number of thiol groups is 1. The smallest absolute Gasteiger partial charge is 0.327 e. The lowest BCUT2D eigenvalue weighted by molar-refractivity contribution is -0.138. The average Bonchev–Trinajstić information content (AvgIpc) is 2.23. The van der Waals surface area contributed by atoms with E-state index in [1.54, 1.807) is 0 Å². The standard InChI is InChI=1S/C12H11Cl3O3S/c1-6(16)5-12(2,19)11(17)18-10-4-8(14)7(13)3-9(10)15/h3-4,19H,5H2,1-2H3. The van der Waals surface area contributed by atoms with E-state index in [0.717, 1.165) is 0 Å². The van der Waals surface area contributed by atoms with Crippen LogP contribution in [0.15, 0.2) is 12.1 Å². The number of carbonyl (C=O) groups excluding carboxylic acids is 2. The van der Waals surface area contributed by atoms with Crippen molar-refractivity contribution in [2.45, 2.75) is 25.0 Å². The molecule has 0 bridgehead atoms. The largest absolute Gasteiger partial charge is 0.424 e. The number of esters is 1. The lowest BCUT2D eigenvalue weighted by atomic mass is 10.0. The Morgan fingerprint density at radius 1 is 1.21 bits per heavy atom. The Labute approximate surface area is 131 Å². The Kier molecular flexibility index (Phi) is 5.56. The van der Waals surface area contributed by atoms with E-state index in [0.29, 0.717) is 0 Å². The summed E-state index contributed by atoms with van der Waals surface area (Å²) in [6.45, 7) is 2.86. The molecule has 1 unspecified atom stereocenters. The molecule has 1 atom stereocenters. The van der Waals surface area contributed by atoms with Crippen LogP contribution in [0.2, 0.25) is 15.1 Å². The number of halogens is 3. The second kappa shape index (κ2) is 6.35. The van der Waals surface area contributed by atoms with Crippen molar-refractivity contribution in [2.75, 3.05) is 0 Å². The molecule has 0 amide bonds. The van der Waals surface area contributed by atoms with Crippen LogP contribution in [0.5, 0.6) is 5.75 Å². The summed E-state index contributed by atoms with van der Waals surface area (Å²) >= 11 is 21.6. The molecule has 1 rings (SSSR count). The van der Waals surface area contributed by atoms with E-state index >= 15 is 0 Å². The van der Waals surface area contributed by atoms with E-state index in [2.05, 4.69) is 12.6 Å². The van der Waals surface area contributed by atoms with E-state index in [4.69, 9.17) is 39.5 Å². The van der Waals surface area contributed by atoms with Gasteiger partial charge in [0, 0.05) is 12.5 Å². The monoisotopic (exact) mass is 340 g/mol. The third-order valence-electron chi connectivity index (χ3n) is 2.21. The molecule has 7 heteroatoms. The zero-order valence-electron chi connectivity index (χ0n) is 10.2. The molecule has 0 saturated carbocycles. The Balaban J connectivity index is 2.94. The van der Waals surface area contributed by atoms with Crippen molar-refractivity contribution in [3.05, 3.63) is 27.2 Å². The minimum absolute atomic E-state index is 0.0477. The van der Waals surface area contributed by atoms with Crippen molar-refractivity contribution in [3.63, 3.8) is 0 Å². The predicted octanol–water partition coefficient (Wildman–Crippen LogP) is 4.22. The van der Waals surface area contributed by atoms with Crippen molar-refractivity contribution < 1.29 is 14.3 Å². The maximum Gasteiger partial charge on any atom is 0.327 e. The van der Waals surface area contributed by atoms with E-state index in [1.807, 2.05) is 0 Å². The molecule has 19 heavy (non-hydrogen) atoms. The van der Waals surface area contributed by atoms with Gasteiger partial charge in [-0.3, -0.25) is 9.59 Å². The first kappa shape index (κ1) is 16.6. The number of ketones is 1. The zero-order valence-corrected chi connectivity index (χ0v) is 13.3. The van der Waals surface area contributed by atoms with Crippen LogP contribution >= 0.6 is 47.4 Å². The molecule has 1 aromatic rings. The number of hydrogen-bond donors (Lipinski definition) is 1. The highest BCUT2D eigenvalue weighted by Gasteiger charge is 2.33. The number of rotatable bonds is 4. The molecular formula is C12H11Cl3O3S. The molecule has 0 heterocycles. The van der Waals surface area contributed by atoms with Gasteiger partial charge < -0.3 is 4.74 Å². The average molecular weight is 342 g/mol. The first-order valence-electron chi connectivity index (χ1n) is 5.22. The minimum atomic E-state index is -1.23. The van der Waals surface area contributed by atoms with Crippen LogP contribution in [0.3, 0.4) is 0 Å². The van der Waals surface area contributed by atoms with Crippen molar-refractivity contribution in [1.29, 1.82) is 0 Å². The Morgan fingerprint density at radius 2 is 1.74 bits per heavy atom. The molecule has 0 aromatic heterocycles. The number of ether oxygens (including phenoxy) is 1. The van der Waals surface area contributed by atoms with Crippen LogP contribution in [-0.2, 0) is 9.59 Å². The van der Waals surface area contributed by atoms with Gasteiger partial charge in [0.2, 0.25) is 0 Å². The maximum absolute atomic E-state index is 11.9. The molecule has 0 aliphatic rings. The van der Waals surface area contributed by atoms with E-state index in [1.165, 1.54) is 26.0 Å². The van der Waals surface area contributed by atoms with E-state index < -0.39 is 10.7 Å². The summed E-state index contributed by atoms with van der Waals surface area (Å²) in [6, 6.07) is 2.70. The summed E-state index contributed by atoms with van der Waals surface area (Å²) in [4.78, 5) is 23.0. The SMILES string of the molecule is CC(=O)CC(C)(S)C(=O)Oc1cc(Cl)c(Cl)cc1Cl. The Bertz CT molecular complexity index is 529. The van der Waals surface area contributed by atoms with Gasteiger partial charge in [-0.05, 0) is 19.9 Å². The van der Waals surface area contributed by atoms with Gasteiger partial charge in [-0.25, -0.2) is 0 Å². The first-order valence-corrected chi connectivity index (χ1v) is 6.80. The zero-order chi connectivity index (χ0) is 14.8. The van der Waals surface area contributed by atoms with E-state index in [-0.39, 0.29) is 33.0 Å². The number of Topliss-reactive ketones (excluding diaryl/α,β-unsaturated/α-hetero) is 1. The van der Waals surface area contributed by atoms with Crippen molar-refractivity contribution in [2.24, 2.45) is 0 Å². The summed E-state index contributed by atoms with van der Waals surface area (Å²) in [5.41, 5.74) is 0. The lowest BCUT2D eigenvalue weighted by Gasteiger charge is -2.20. The van der Waals surface area contributed by atoms with Gasteiger partial charge in [-0.1, -0.05) is 34.8 Å². The van der Waals surface area contributed by atoms with Crippen LogP contribution in [-0.4, -0.2) is 16.5 Å². The van der Waals surface area contributed by atoms with Crippen LogP contribution in [0.4, 0.5) is 0 Å². The lowest BCUT2D eigenvalue weighted by Crippen LogP contribution is -2.35. The molecule has 0 N–H and O–H groups in total. The second-order valence-electron chi connectivity index (χ2n) is 4.24. The number of carbonyl (C=O) groups is 2. The van der Waals surface area contributed by atoms with Gasteiger partial charge in [0.15, 0.2) is 5.75 Å². The van der Waals surface area contributed by atoms with Crippen LogP contribution < -0.4 is 4.74 Å². The van der Waals surface area contributed by atoms with Gasteiger partial charge >= 0.3 is 5.97 Å². The number of hydrogen-bond acceptors (Lipinski definition) is 4.